The van der Waals surface area contributed by atoms with Crippen LogP contribution in [0.25, 0.3) is 0 Å². The zero-order valence-electron chi connectivity index (χ0n) is 18.5. The maximum Gasteiger partial charge on any atom is 0.153 e. The third-order valence-corrected chi connectivity index (χ3v) is 10.7. The third kappa shape index (κ3) is 4.25. The van der Waals surface area contributed by atoms with Crippen LogP contribution < -0.4 is 0 Å². The second kappa shape index (κ2) is 7.94. The van der Waals surface area contributed by atoms with E-state index in [4.69, 9.17) is 0 Å². The zero-order chi connectivity index (χ0) is 22.7. The van der Waals surface area contributed by atoms with Crippen LogP contribution in [0, 0.1) is 13.8 Å². The van der Waals surface area contributed by atoms with Crippen molar-refractivity contribution >= 4 is 19.7 Å². The minimum Gasteiger partial charge on any atom is -0.288 e. The molecule has 0 aliphatic carbocycles. The summed E-state index contributed by atoms with van der Waals surface area (Å²) in [6, 6.07) is 15.7. The number of hydrogen-bond donors (Lipinski definition) is 0. The Morgan fingerprint density at radius 3 is 1.16 bits per heavy atom. The first-order valence-electron chi connectivity index (χ1n) is 11.1. The van der Waals surface area contributed by atoms with Crippen LogP contribution in [-0.2, 0) is 32.8 Å². The van der Waals surface area contributed by atoms with Crippen LogP contribution in [-0.4, -0.2) is 73.8 Å². The van der Waals surface area contributed by atoms with Gasteiger partial charge in [-0.05, 0) is 25.0 Å². The molecular weight excluding hydrogens is 444 g/mol. The number of hydrogen-bond acceptors (Lipinski definition) is 6. The molecule has 6 nitrogen and oxygen atoms in total. The molecule has 3 aliphatic heterocycles. The molecule has 0 spiro atoms. The molecule has 2 aromatic carbocycles. The van der Waals surface area contributed by atoms with E-state index in [1.165, 1.54) is 11.1 Å². The molecule has 172 valence electrons. The molecule has 3 heterocycles. The first kappa shape index (κ1) is 22.1. The molecule has 5 rings (SSSR count). The Bertz CT molecular complexity index is 1070. The second-order valence-corrected chi connectivity index (χ2v) is 14.0. The molecule has 2 aromatic rings. The lowest BCUT2D eigenvalue weighted by atomic mass is 9.93. The predicted molar refractivity (Wildman–Crippen MR) is 126 cm³/mol. The van der Waals surface area contributed by atoms with Crippen LogP contribution in [0.2, 0.25) is 0 Å². The number of piperazine rings is 1. The second-order valence-electron chi connectivity index (χ2n) is 9.74. The lowest BCUT2D eigenvalue weighted by Crippen LogP contribution is -2.67. The van der Waals surface area contributed by atoms with Gasteiger partial charge in [-0.25, -0.2) is 16.8 Å². The molecule has 0 bridgehead atoms. The van der Waals surface area contributed by atoms with E-state index >= 15 is 0 Å². The van der Waals surface area contributed by atoms with Crippen LogP contribution in [0.5, 0.6) is 0 Å². The van der Waals surface area contributed by atoms with Crippen molar-refractivity contribution in [2.45, 2.75) is 51.1 Å². The van der Waals surface area contributed by atoms with Crippen molar-refractivity contribution in [1.29, 1.82) is 0 Å². The molecular formula is C24H30N2O4S2. The Balaban J connectivity index is 1.53. The fourth-order valence-corrected chi connectivity index (χ4v) is 9.67. The summed E-state index contributed by atoms with van der Waals surface area (Å²) in [6.07, 6.45) is 0. The van der Waals surface area contributed by atoms with Crippen LogP contribution in [0.15, 0.2) is 48.5 Å². The smallest absolute Gasteiger partial charge is 0.153 e. The molecule has 0 aromatic heterocycles. The summed E-state index contributed by atoms with van der Waals surface area (Å²) in [5, 5.41) is 0. The zero-order valence-corrected chi connectivity index (χ0v) is 20.1. The van der Waals surface area contributed by atoms with Crippen molar-refractivity contribution < 1.29 is 16.8 Å². The number of rotatable bonds is 4. The fraction of sp³-hybridized carbons (Fsp3) is 0.500. The summed E-state index contributed by atoms with van der Waals surface area (Å²) in [7, 11) is -6.37. The quantitative estimate of drug-likeness (QED) is 0.674. The van der Waals surface area contributed by atoms with Gasteiger partial charge in [0.15, 0.2) is 19.7 Å². The van der Waals surface area contributed by atoms with Gasteiger partial charge in [0.05, 0.1) is 23.0 Å². The Kier molecular flexibility index (Phi) is 5.47. The van der Waals surface area contributed by atoms with Gasteiger partial charge in [0.25, 0.3) is 0 Å². The SMILES string of the molecule is Cc1ccc(CN2[C@@H]3CS(=O)(=O)C[C@H]3N(Cc3ccc(C)cc3)[C@H]3CS(=O)(=O)C[C@H]32)cc1. The standard InChI is InChI=1S/C24H30N2O4S2/c1-17-3-7-19(8-4-17)11-25-21-13-31(27,28)15-23(21)26(12-20-9-5-18(2)6-10-20)24-16-32(29,30)14-22(24)25/h3-10,21-24H,11-16H2,1-2H3/t21-,22-,23-,24+/m1/s1. The van der Waals surface area contributed by atoms with Crippen LogP contribution in [0.1, 0.15) is 22.3 Å². The fourth-order valence-electron chi connectivity index (χ4n) is 5.66. The third-order valence-electron chi connectivity index (χ3n) is 7.26. The minimum absolute atomic E-state index is 0.0944. The van der Waals surface area contributed by atoms with Crippen LogP contribution in [0.3, 0.4) is 0 Å². The average Bonchev–Trinajstić information content (AvgIpc) is 3.22. The summed E-state index contributed by atoms with van der Waals surface area (Å²) in [6.45, 7) is 5.22. The topological polar surface area (TPSA) is 74.8 Å². The van der Waals surface area contributed by atoms with Crippen molar-refractivity contribution in [3.63, 3.8) is 0 Å². The van der Waals surface area contributed by atoms with Crippen molar-refractivity contribution in [1.82, 2.24) is 9.80 Å². The average molecular weight is 475 g/mol. The summed E-state index contributed by atoms with van der Waals surface area (Å²) < 4.78 is 51.0. The number of fused-ring (bicyclic) bond motifs is 2. The molecule has 32 heavy (non-hydrogen) atoms. The summed E-state index contributed by atoms with van der Waals surface area (Å²) in [4.78, 5) is 4.39. The van der Waals surface area contributed by atoms with Gasteiger partial charge in [-0.3, -0.25) is 9.80 Å². The highest BCUT2D eigenvalue weighted by Gasteiger charge is 2.57. The van der Waals surface area contributed by atoms with Gasteiger partial charge in [-0.15, -0.1) is 0 Å². The number of benzene rings is 2. The van der Waals surface area contributed by atoms with Gasteiger partial charge in [-0.1, -0.05) is 59.7 Å². The van der Waals surface area contributed by atoms with Gasteiger partial charge in [-0.2, -0.15) is 0 Å². The van der Waals surface area contributed by atoms with E-state index < -0.39 is 19.7 Å². The Labute approximate surface area is 191 Å². The molecule has 0 N–H and O–H groups in total. The maximum atomic E-state index is 12.8. The van der Waals surface area contributed by atoms with E-state index in [9.17, 15) is 16.8 Å². The lowest BCUT2D eigenvalue weighted by molar-refractivity contribution is -0.0341. The number of aryl methyl sites for hydroxylation is 2. The van der Waals surface area contributed by atoms with Crippen molar-refractivity contribution in [3.05, 3.63) is 70.8 Å². The largest absolute Gasteiger partial charge is 0.288 e. The molecule has 8 heteroatoms. The van der Waals surface area contributed by atoms with E-state index in [0.29, 0.717) is 13.1 Å². The number of nitrogens with zero attached hydrogens (tertiary/aromatic N) is 2. The monoisotopic (exact) mass is 474 g/mol. The first-order chi connectivity index (χ1) is 15.1. The molecule has 4 atom stereocenters. The normalized spacial score (nSPS) is 31.3. The molecule has 0 radical (unpaired) electrons. The van der Waals surface area contributed by atoms with E-state index in [1.54, 1.807) is 0 Å². The Morgan fingerprint density at radius 2 is 0.875 bits per heavy atom. The highest BCUT2D eigenvalue weighted by Crippen LogP contribution is 2.39. The van der Waals surface area contributed by atoms with Crippen molar-refractivity contribution in [2.24, 2.45) is 0 Å². The molecule has 0 amide bonds. The summed E-state index contributed by atoms with van der Waals surface area (Å²) in [5.74, 6) is 0.378. The molecule has 3 fully saturated rings. The predicted octanol–water partition coefficient (Wildman–Crippen LogP) is 1.95. The van der Waals surface area contributed by atoms with Gasteiger partial charge in [0.1, 0.15) is 0 Å². The minimum atomic E-state index is -3.19. The Hall–Kier alpha value is -1.74. The van der Waals surface area contributed by atoms with E-state index in [2.05, 4.69) is 58.3 Å². The summed E-state index contributed by atoms with van der Waals surface area (Å²) in [5.41, 5.74) is 4.51. The van der Waals surface area contributed by atoms with Crippen LogP contribution >= 0.6 is 0 Å². The van der Waals surface area contributed by atoms with Gasteiger partial charge in [0, 0.05) is 37.3 Å². The van der Waals surface area contributed by atoms with Gasteiger partial charge >= 0.3 is 0 Å². The highest BCUT2D eigenvalue weighted by molar-refractivity contribution is 7.92. The van der Waals surface area contributed by atoms with Gasteiger partial charge in [0.2, 0.25) is 0 Å². The van der Waals surface area contributed by atoms with Crippen LogP contribution in [0.4, 0.5) is 0 Å². The molecule has 3 saturated heterocycles. The van der Waals surface area contributed by atoms with E-state index in [1.807, 2.05) is 13.8 Å². The molecule has 3 aliphatic rings. The van der Waals surface area contributed by atoms with E-state index in [-0.39, 0.29) is 47.2 Å². The van der Waals surface area contributed by atoms with Crippen molar-refractivity contribution in [3.8, 4) is 0 Å². The van der Waals surface area contributed by atoms with E-state index in [0.717, 1.165) is 11.1 Å². The molecule has 0 unspecified atom stereocenters. The van der Waals surface area contributed by atoms with Crippen molar-refractivity contribution in [2.75, 3.05) is 23.0 Å². The lowest BCUT2D eigenvalue weighted by Gasteiger charge is -2.51. The highest BCUT2D eigenvalue weighted by atomic mass is 32.2. The summed E-state index contributed by atoms with van der Waals surface area (Å²) >= 11 is 0. The number of sulfone groups is 2. The Morgan fingerprint density at radius 1 is 0.594 bits per heavy atom. The van der Waals surface area contributed by atoms with Gasteiger partial charge < -0.3 is 0 Å². The molecule has 0 saturated carbocycles. The maximum absolute atomic E-state index is 12.8. The first-order valence-corrected chi connectivity index (χ1v) is 14.8.